The van der Waals surface area contributed by atoms with Crippen LogP contribution in [0, 0.1) is 11.8 Å². The first-order chi connectivity index (χ1) is 11.9. The third kappa shape index (κ3) is 4.79. The smallest absolute Gasteiger partial charge is 0.227 e. The lowest BCUT2D eigenvalue weighted by Crippen LogP contribution is -2.48. The molecule has 1 amide bonds. The fourth-order valence-electron chi connectivity index (χ4n) is 3.91. The van der Waals surface area contributed by atoms with Crippen molar-refractivity contribution in [1.82, 2.24) is 14.2 Å². The molecule has 7 heteroatoms. The number of sulfonamides is 1. The summed E-state index contributed by atoms with van der Waals surface area (Å²) in [6.45, 7) is 2.43. The highest BCUT2D eigenvalue weighted by atomic mass is 32.2. The molecule has 2 aliphatic heterocycles. The van der Waals surface area contributed by atoms with Gasteiger partial charge in [-0.25, -0.2) is 12.7 Å². The van der Waals surface area contributed by atoms with Crippen LogP contribution in [0.4, 0.5) is 0 Å². The van der Waals surface area contributed by atoms with Gasteiger partial charge in [0.2, 0.25) is 15.9 Å². The van der Waals surface area contributed by atoms with Gasteiger partial charge in [0.1, 0.15) is 0 Å². The number of likely N-dealkylation sites (tertiary alicyclic amines) is 1. The van der Waals surface area contributed by atoms with Gasteiger partial charge in [0.25, 0.3) is 0 Å². The Bertz CT molecular complexity index is 685. The van der Waals surface area contributed by atoms with Gasteiger partial charge in [-0.3, -0.25) is 9.78 Å². The Labute approximate surface area is 150 Å². The molecular formula is C18H27N3O3S. The number of piperidine rings is 2. The summed E-state index contributed by atoms with van der Waals surface area (Å²) in [6.07, 6.45) is 9.51. The number of rotatable bonds is 4. The van der Waals surface area contributed by atoms with Gasteiger partial charge in [-0.1, -0.05) is 6.07 Å². The Balaban J connectivity index is 1.51. The summed E-state index contributed by atoms with van der Waals surface area (Å²) < 4.78 is 24.9. The molecule has 2 aliphatic rings. The Morgan fingerprint density at radius 1 is 1.24 bits per heavy atom. The van der Waals surface area contributed by atoms with Crippen molar-refractivity contribution in [3.63, 3.8) is 0 Å². The molecule has 2 fully saturated rings. The van der Waals surface area contributed by atoms with E-state index in [2.05, 4.69) is 11.1 Å². The van der Waals surface area contributed by atoms with E-state index in [1.54, 1.807) is 6.20 Å². The summed E-state index contributed by atoms with van der Waals surface area (Å²) >= 11 is 0. The maximum atomic E-state index is 12.8. The molecule has 0 N–H and O–H groups in total. The van der Waals surface area contributed by atoms with Gasteiger partial charge in [-0.2, -0.15) is 0 Å². The zero-order valence-electron chi connectivity index (χ0n) is 14.8. The number of aromatic nitrogens is 1. The minimum absolute atomic E-state index is 0.133. The molecule has 1 aromatic rings. The van der Waals surface area contributed by atoms with Crippen LogP contribution in [-0.4, -0.2) is 60.9 Å². The highest BCUT2D eigenvalue weighted by molar-refractivity contribution is 7.88. The fraction of sp³-hybridized carbons (Fsp3) is 0.667. The summed E-state index contributed by atoms with van der Waals surface area (Å²) in [6, 6.07) is 4.07. The molecule has 25 heavy (non-hydrogen) atoms. The number of hydrogen-bond acceptors (Lipinski definition) is 4. The molecule has 2 saturated heterocycles. The zero-order chi connectivity index (χ0) is 17.9. The Kier molecular flexibility index (Phi) is 5.74. The summed E-state index contributed by atoms with van der Waals surface area (Å²) in [4.78, 5) is 18.9. The molecule has 0 bridgehead atoms. The first-order valence-electron chi connectivity index (χ1n) is 9.06. The van der Waals surface area contributed by atoms with Crippen LogP contribution in [0.1, 0.15) is 31.2 Å². The topological polar surface area (TPSA) is 70.6 Å². The van der Waals surface area contributed by atoms with Crippen LogP contribution >= 0.6 is 0 Å². The summed E-state index contributed by atoms with van der Waals surface area (Å²) in [5, 5.41) is 0. The van der Waals surface area contributed by atoms with Gasteiger partial charge in [0.15, 0.2) is 0 Å². The maximum absolute atomic E-state index is 12.8. The minimum Gasteiger partial charge on any atom is -0.342 e. The quantitative estimate of drug-likeness (QED) is 0.811. The van der Waals surface area contributed by atoms with E-state index < -0.39 is 10.0 Å². The van der Waals surface area contributed by atoms with Crippen LogP contribution in [-0.2, 0) is 21.2 Å². The SMILES string of the molecule is CS(=O)(=O)N1CCCC(C(=O)N2CCC(Cc3cccnc3)CC2)C1. The normalized spacial score (nSPS) is 23.6. The summed E-state index contributed by atoms with van der Waals surface area (Å²) in [5.74, 6) is 0.540. The lowest BCUT2D eigenvalue weighted by Gasteiger charge is -2.37. The molecular weight excluding hydrogens is 338 g/mol. The summed E-state index contributed by atoms with van der Waals surface area (Å²) in [7, 11) is -3.21. The number of pyridine rings is 1. The van der Waals surface area contributed by atoms with E-state index in [9.17, 15) is 13.2 Å². The molecule has 6 nitrogen and oxygen atoms in total. The molecule has 3 heterocycles. The monoisotopic (exact) mass is 365 g/mol. The third-order valence-electron chi connectivity index (χ3n) is 5.38. The number of amides is 1. The lowest BCUT2D eigenvalue weighted by molar-refractivity contribution is -0.138. The van der Waals surface area contributed by atoms with Crippen molar-refractivity contribution in [2.24, 2.45) is 11.8 Å². The predicted molar refractivity (Wildman–Crippen MR) is 96.4 cm³/mol. The largest absolute Gasteiger partial charge is 0.342 e. The predicted octanol–water partition coefficient (Wildman–Crippen LogP) is 1.53. The second-order valence-electron chi connectivity index (χ2n) is 7.29. The van der Waals surface area contributed by atoms with Crippen molar-refractivity contribution in [3.8, 4) is 0 Å². The van der Waals surface area contributed by atoms with Gasteiger partial charge < -0.3 is 4.90 Å². The molecule has 0 radical (unpaired) electrons. The van der Waals surface area contributed by atoms with Gasteiger partial charge in [-0.05, 0) is 49.7 Å². The maximum Gasteiger partial charge on any atom is 0.227 e. The van der Waals surface area contributed by atoms with Gasteiger partial charge in [-0.15, -0.1) is 0 Å². The van der Waals surface area contributed by atoms with Crippen LogP contribution in [0.5, 0.6) is 0 Å². The Morgan fingerprint density at radius 3 is 2.64 bits per heavy atom. The average molecular weight is 365 g/mol. The van der Waals surface area contributed by atoms with Crippen LogP contribution in [0.3, 0.4) is 0 Å². The van der Waals surface area contributed by atoms with Crippen LogP contribution in [0.2, 0.25) is 0 Å². The zero-order valence-corrected chi connectivity index (χ0v) is 15.6. The first-order valence-corrected chi connectivity index (χ1v) is 10.9. The second kappa shape index (κ2) is 7.83. The van der Waals surface area contributed by atoms with Crippen LogP contribution < -0.4 is 0 Å². The van der Waals surface area contributed by atoms with Crippen LogP contribution in [0.25, 0.3) is 0 Å². The van der Waals surface area contributed by atoms with Gasteiger partial charge in [0, 0.05) is 38.6 Å². The number of hydrogen-bond donors (Lipinski definition) is 0. The molecule has 138 valence electrons. The van der Waals surface area contributed by atoms with Crippen molar-refractivity contribution in [2.75, 3.05) is 32.4 Å². The van der Waals surface area contributed by atoms with Crippen molar-refractivity contribution in [1.29, 1.82) is 0 Å². The molecule has 0 aliphatic carbocycles. The second-order valence-corrected chi connectivity index (χ2v) is 9.28. The standard InChI is InChI=1S/C18H27N3O3S/c1-25(23,24)21-9-3-5-17(14-21)18(22)20-10-6-15(7-11-20)12-16-4-2-8-19-13-16/h2,4,8,13,15,17H,3,5-7,9-12,14H2,1H3. The van der Waals surface area contributed by atoms with Crippen LogP contribution in [0.15, 0.2) is 24.5 Å². The Hall–Kier alpha value is -1.47. The fourth-order valence-corrected chi connectivity index (χ4v) is 4.82. The van der Waals surface area contributed by atoms with E-state index in [4.69, 9.17) is 0 Å². The number of carbonyl (C=O) groups excluding carboxylic acids is 1. The molecule has 3 rings (SSSR count). The molecule has 0 saturated carbocycles. The van der Waals surface area contributed by atoms with E-state index >= 15 is 0 Å². The van der Waals surface area contributed by atoms with Crippen molar-refractivity contribution >= 4 is 15.9 Å². The third-order valence-corrected chi connectivity index (χ3v) is 6.65. The van der Waals surface area contributed by atoms with Gasteiger partial charge in [0.05, 0.1) is 12.2 Å². The number of nitrogens with zero attached hydrogens (tertiary/aromatic N) is 3. The highest BCUT2D eigenvalue weighted by Crippen LogP contribution is 2.25. The van der Waals surface area contributed by atoms with Crippen molar-refractivity contribution in [3.05, 3.63) is 30.1 Å². The van der Waals surface area contributed by atoms with Crippen molar-refractivity contribution < 1.29 is 13.2 Å². The minimum atomic E-state index is -3.21. The molecule has 1 aromatic heterocycles. The Morgan fingerprint density at radius 2 is 2.00 bits per heavy atom. The first kappa shape index (κ1) is 18.3. The van der Waals surface area contributed by atoms with E-state index in [1.165, 1.54) is 16.1 Å². The molecule has 1 unspecified atom stereocenters. The average Bonchev–Trinajstić information content (AvgIpc) is 2.62. The summed E-state index contributed by atoms with van der Waals surface area (Å²) in [5.41, 5.74) is 1.25. The van der Waals surface area contributed by atoms with E-state index in [-0.39, 0.29) is 11.8 Å². The van der Waals surface area contributed by atoms with E-state index in [0.29, 0.717) is 19.0 Å². The van der Waals surface area contributed by atoms with E-state index in [1.807, 2.05) is 17.2 Å². The molecule has 0 spiro atoms. The molecule has 0 aromatic carbocycles. The lowest BCUT2D eigenvalue weighted by atomic mass is 9.89. The highest BCUT2D eigenvalue weighted by Gasteiger charge is 2.33. The van der Waals surface area contributed by atoms with Gasteiger partial charge >= 0.3 is 0 Å². The van der Waals surface area contributed by atoms with E-state index in [0.717, 1.165) is 45.2 Å². The van der Waals surface area contributed by atoms with Crippen molar-refractivity contribution in [2.45, 2.75) is 32.1 Å². The molecule has 1 atom stereocenters. The number of carbonyl (C=O) groups is 1.